The highest BCUT2D eigenvalue weighted by Gasteiger charge is 2.51. The molecule has 3 aromatic carbocycles. The van der Waals surface area contributed by atoms with E-state index in [1.807, 2.05) is 42.5 Å². The van der Waals surface area contributed by atoms with E-state index in [4.69, 9.17) is 9.47 Å². The van der Waals surface area contributed by atoms with Crippen LogP contribution >= 0.6 is 11.9 Å². The Bertz CT molecular complexity index is 1240. The SMILES string of the molecule is CC(=O)NCCNSc1ccc(-c2cccc(NC(=O)C3(c4ccc5c(c4)OCO5)CC3)c2)cc1. The van der Waals surface area contributed by atoms with Gasteiger partial charge in [-0.2, -0.15) is 0 Å². The Labute approximate surface area is 208 Å². The van der Waals surface area contributed by atoms with Crippen LogP contribution in [0.1, 0.15) is 25.3 Å². The second-order valence-electron chi connectivity index (χ2n) is 8.69. The fourth-order valence-electron chi connectivity index (χ4n) is 4.13. The highest BCUT2D eigenvalue weighted by Crippen LogP contribution is 2.51. The number of hydrogen-bond acceptors (Lipinski definition) is 6. The van der Waals surface area contributed by atoms with Gasteiger partial charge in [-0.1, -0.05) is 30.3 Å². The van der Waals surface area contributed by atoms with Gasteiger partial charge in [-0.15, -0.1) is 0 Å². The third-order valence-corrected chi connectivity index (χ3v) is 7.07. The third-order valence-electron chi connectivity index (χ3n) is 6.21. The predicted octanol–water partition coefficient (Wildman–Crippen LogP) is 4.49. The second-order valence-corrected chi connectivity index (χ2v) is 9.65. The molecule has 35 heavy (non-hydrogen) atoms. The summed E-state index contributed by atoms with van der Waals surface area (Å²) in [5, 5.41) is 5.88. The summed E-state index contributed by atoms with van der Waals surface area (Å²) in [7, 11) is 0. The standard InChI is InChI=1S/C27H27N3O4S/c1-18(31)28-13-14-29-35-23-8-5-19(6-9-23)20-3-2-4-22(15-20)30-26(32)27(11-12-27)21-7-10-24-25(16-21)34-17-33-24/h2-10,15-16,29H,11-14,17H2,1H3,(H,28,31)(H,30,32). The molecular formula is C27H27N3O4S. The van der Waals surface area contributed by atoms with E-state index in [1.165, 1.54) is 18.9 Å². The maximum absolute atomic E-state index is 13.3. The van der Waals surface area contributed by atoms with Gasteiger partial charge in [0.25, 0.3) is 0 Å². The van der Waals surface area contributed by atoms with Gasteiger partial charge in [0.05, 0.1) is 5.41 Å². The quantitative estimate of drug-likeness (QED) is 0.303. The molecule has 1 heterocycles. The monoisotopic (exact) mass is 489 g/mol. The average molecular weight is 490 g/mol. The van der Waals surface area contributed by atoms with Crippen LogP contribution in [-0.4, -0.2) is 31.7 Å². The van der Waals surface area contributed by atoms with Crippen LogP contribution < -0.4 is 24.8 Å². The molecule has 7 nitrogen and oxygen atoms in total. The van der Waals surface area contributed by atoms with E-state index in [9.17, 15) is 9.59 Å². The van der Waals surface area contributed by atoms with Gasteiger partial charge in [0.15, 0.2) is 11.5 Å². The largest absolute Gasteiger partial charge is 0.454 e. The lowest BCUT2D eigenvalue weighted by Crippen LogP contribution is -2.27. The minimum Gasteiger partial charge on any atom is -0.454 e. The average Bonchev–Trinajstić information content (AvgIpc) is 3.55. The summed E-state index contributed by atoms with van der Waals surface area (Å²) >= 11 is 1.53. The number of carbonyl (C=O) groups excluding carboxylic acids is 2. The highest BCUT2D eigenvalue weighted by atomic mass is 32.2. The number of nitrogens with one attached hydrogen (secondary N) is 3. The first kappa shape index (κ1) is 23.3. The molecule has 3 aromatic rings. The fourth-order valence-corrected chi connectivity index (χ4v) is 4.78. The van der Waals surface area contributed by atoms with E-state index in [2.05, 4.69) is 39.6 Å². The lowest BCUT2D eigenvalue weighted by atomic mass is 9.94. The van der Waals surface area contributed by atoms with Crippen molar-refractivity contribution in [1.82, 2.24) is 10.0 Å². The molecule has 0 saturated heterocycles. The van der Waals surface area contributed by atoms with Crippen molar-refractivity contribution >= 4 is 29.4 Å². The van der Waals surface area contributed by atoms with Crippen LogP contribution in [-0.2, 0) is 15.0 Å². The molecule has 180 valence electrons. The van der Waals surface area contributed by atoms with E-state index >= 15 is 0 Å². The van der Waals surface area contributed by atoms with E-state index < -0.39 is 5.41 Å². The molecule has 1 saturated carbocycles. The molecule has 0 radical (unpaired) electrons. The Morgan fingerprint density at radius 3 is 2.49 bits per heavy atom. The first-order valence-corrected chi connectivity index (χ1v) is 12.4. The van der Waals surface area contributed by atoms with E-state index in [-0.39, 0.29) is 18.6 Å². The van der Waals surface area contributed by atoms with Crippen molar-refractivity contribution in [3.05, 3.63) is 72.3 Å². The smallest absolute Gasteiger partial charge is 0.235 e. The van der Waals surface area contributed by atoms with Gasteiger partial charge in [-0.25, -0.2) is 0 Å². The maximum atomic E-state index is 13.3. The molecule has 2 amide bonds. The van der Waals surface area contributed by atoms with Crippen LogP contribution in [0.2, 0.25) is 0 Å². The van der Waals surface area contributed by atoms with Crippen molar-refractivity contribution in [3.8, 4) is 22.6 Å². The summed E-state index contributed by atoms with van der Waals surface area (Å²) in [4.78, 5) is 25.3. The highest BCUT2D eigenvalue weighted by molar-refractivity contribution is 7.97. The lowest BCUT2D eigenvalue weighted by Gasteiger charge is -2.17. The Balaban J connectivity index is 1.21. The molecule has 5 rings (SSSR count). The minimum atomic E-state index is -0.511. The van der Waals surface area contributed by atoms with Crippen molar-refractivity contribution in [3.63, 3.8) is 0 Å². The number of ether oxygens (including phenoxy) is 2. The summed E-state index contributed by atoms with van der Waals surface area (Å²) in [6, 6.07) is 21.9. The van der Waals surface area contributed by atoms with Crippen molar-refractivity contribution in [2.75, 3.05) is 25.2 Å². The lowest BCUT2D eigenvalue weighted by molar-refractivity contribution is -0.119. The predicted molar refractivity (Wildman–Crippen MR) is 137 cm³/mol. The Hall–Kier alpha value is -3.49. The summed E-state index contributed by atoms with van der Waals surface area (Å²) < 4.78 is 14.1. The van der Waals surface area contributed by atoms with Crippen LogP contribution in [0.25, 0.3) is 11.1 Å². The van der Waals surface area contributed by atoms with Gasteiger partial charge in [0, 0.05) is 30.6 Å². The number of fused-ring (bicyclic) bond motifs is 1. The molecule has 0 aromatic heterocycles. The number of benzene rings is 3. The summed E-state index contributed by atoms with van der Waals surface area (Å²) in [5.41, 5.74) is 3.33. The van der Waals surface area contributed by atoms with Crippen LogP contribution in [0.5, 0.6) is 11.5 Å². The zero-order chi connectivity index (χ0) is 24.3. The molecule has 1 aliphatic heterocycles. The van der Waals surface area contributed by atoms with Gasteiger partial charge in [0.1, 0.15) is 0 Å². The summed E-state index contributed by atoms with van der Waals surface area (Å²) in [6.45, 7) is 3.01. The molecule has 8 heteroatoms. The molecule has 1 aliphatic carbocycles. The second kappa shape index (κ2) is 10.0. The van der Waals surface area contributed by atoms with Crippen molar-refractivity contribution in [2.45, 2.75) is 30.1 Å². The van der Waals surface area contributed by atoms with Gasteiger partial charge in [-0.05, 0) is 77.9 Å². The van der Waals surface area contributed by atoms with Crippen molar-refractivity contribution in [2.24, 2.45) is 0 Å². The number of anilines is 1. The van der Waals surface area contributed by atoms with Gasteiger partial charge in [-0.3, -0.25) is 14.3 Å². The number of rotatable bonds is 9. The zero-order valence-corrected chi connectivity index (χ0v) is 20.2. The molecule has 3 N–H and O–H groups in total. The number of carbonyl (C=O) groups is 2. The minimum absolute atomic E-state index is 0.00519. The van der Waals surface area contributed by atoms with E-state index in [0.717, 1.165) is 45.9 Å². The topological polar surface area (TPSA) is 88.7 Å². The third kappa shape index (κ3) is 5.28. The number of amides is 2. The first-order valence-electron chi connectivity index (χ1n) is 11.6. The molecule has 0 atom stereocenters. The van der Waals surface area contributed by atoms with E-state index in [0.29, 0.717) is 18.8 Å². The summed E-state index contributed by atoms with van der Waals surface area (Å²) in [5.74, 6) is 1.40. The fraction of sp³-hybridized carbons (Fsp3) is 0.259. The summed E-state index contributed by atoms with van der Waals surface area (Å²) in [6.07, 6.45) is 1.63. The van der Waals surface area contributed by atoms with Crippen LogP contribution in [0.15, 0.2) is 71.6 Å². The molecule has 0 unspecified atom stereocenters. The van der Waals surface area contributed by atoms with Gasteiger partial charge in [0.2, 0.25) is 18.6 Å². The maximum Gasteiger partial charge on any atom is 0.235 e. The van der Waals surface area contributed by atoms with Crippen molar-refractivity contribution in [1.29, 1.82) is 0 Å². The molecule has 0 bridgehead atoms. The first-order chi connectivity index (χ1) is 17.0. The normalized spacial score (nSPS) is 14.9. The number of hydrogen-bond donors (Lipinski definition) is 3. The van der Waals surface area contributed by atoms with Gasteiger partial charge >= 0.3 is 0 Å². The molecule has 0 spiro atoms. The van der Waals surface area contributed by atoms with Gasteiger partial charge < -0.3 is 20.1 Å². The van der Waals surface area contributed by atoms with Crippen LogP contribution in [0.4, 0.5) is 5.69 Å². The Kier molecular flexibility index (Phi) is 6.66. The Morgan fingerprint density at radius 1 is 0.914 bits per heavy atom. The zero-order valence-electron chi connectivity index (χ0n) is 19.4. The molecule has 1 fully saturated rings. The van der Waals surface area contributed by atoms with Crippen LogP contribution in [0, 0.1) is 0 Å². The molecular weight excluding hydrogens is 462 g/mol. The molecule has 2 aliphatic rings. The van der Waals surface area contributed by atoms with Crippen molar-refractivity contribution < 1.29 is 19.1 Å². The van der Waals surface area contributed by atoms with Crippen LogP contribution in [0.3, 0.4) is 0 Å². The Morgan fingerprint density at radius 2 is 1.71 bits per heavy atom. The van der Waals surface area contributed by atoms with E-state index in [1.54, 1.807) is 0 Å².